The first-order chi connectivity index (χ1) is 14.2. The number of halogens is 1. The molecule has 1 saturated carbocycles. The van der Waals surface area contributed by atoms with Gasteiger partial charge < -0.3 is 14.8 Å². The summed E-state index contributed by atoms with van der Waals surface area (Å²) in [7, 11) is 0. The number of carbonyl (C=O) groups is 1. The van der Waals surface area contributed by atoms with E-state index in [9.17, 15) is 4.79 Å². The van der Waals surface area contributed by atoms with E-state index in [2.05, 4.69) is 10.4 Å². The third kappa shape index (κ3) is 3.56. The highest BCUT2D eigenvalue weighted by Crippen LogP contribution is 2.43. The first-order valence-corrected chi connectivity index (χ1v) is 10.1. The predicted molar refractivity (Wildman–Crippen MR) is 111 cm³/mol. The van der Waals surface area contributed by atoms with Crippen LogP contribution in [0.15, 0.2) is 48.7 Å². The van der Waals surface area contributed by atoms with Crippen LogP contribution in [0.25, 0.3) is 5.69 Å². The van der Waals surface area contributed by atoms with Gasteiger partial charge in [0.25, 0.3) is 5.91 Å². The van der Waals surface area contributed by atoms with Crippen LogP contribution in [-0.4, -0.2) is 28.9 Å². The lowest BCUT2D eigenvalue weighted by Gasteiger charge is -2.13. The number of amides is 1. The Balaban J connectivity index is 1.46. The first kappa shape index (κ1) is 18.1. The number of aromatic nitrogens is 2. The number of nitrogens with one attached hydrogen (secondary N) is 1. The van der Waals surface area contributed by atoms with Gasteiger partial charge in [0.15, 0.2) is 11.5 Å². The SMILES string of the molecule is O=C(Nc1cc2c(cc1Cl)OCCCO2)c1cnn(-c2ccccc2)c1C1CC1. The molecule has 7 heteroatoms. The fourth-order valence-corrected chi connectivity index (χ4v) is 3.73. The molecule has 1 aliphatic heterocycles. The number of carbonyl (C=O) groups excluding carboxylic acids is 1. The van der Waals surface area contributed by atoms with E-state index in [4.69, 9.17) is 21.1 Å². The Bertz CT molecular complexity index is 1060. The van der Waals surface area contributed by atoms with E-state index in [0.29, 0.717) is 46.9 Å². The monoisotopic (exact) mass is 409 g/mol. The number of rotatable bonds is 4. The summed E-state index contributed by atoms with van der Waals surface area (Å²) in [5.41, 5.74) is 2.95. The van der Waals surface area contributed by atoms with Crippen LogP contribution >= 0.6 is 11.6 Å². The Labute approximate surface area is 173 Å². The second-order valence-corrected chi connectivity index (χ2v) is 7.66. The lowest BCUT2D eigenvalue weighted by atomic mass is 10.1. The maximum absolute atomic E-state index is 13.1. The van der Waals surface area contributed by atoms with Gasteiger partial charge in [-0.25, -0.2) is 4.68 Å². The topological polar surface area (TPSA) is 65.4 Å². The molecule has 1 N–H and O–H groups in total. The van der Waals surface area contributed by atoms with E-state index in [0.717, 1.165) is 30.6 Å². The zero-order chi connectivity index (χ0) is 19.8. The van der Waals surface area contributed by atoms with Crippen LogP contribution in [0, 0.1) is 0 Å². The lowest BCUT2D eigenvalue weighted by Crippen LogP contribution is -2.14. The molecule has 5 rings (SSSR count). The van der Waals surface area contributed by atoms with Crippen molar-refractivity contribution in [2.45, 2.75) is 25.2 Å². The highest BCUT2D eigenvalue weighted by Gasteiger charge is 2.33. The summed E-state index contributed by atoms with van der Waals surface area (Å²) in [5.74, 6) is 1.30. The molecule has 148 valence electrons. The standard InChI is InChI=1S/C22H20ClN3O3/c23-17-11-19-20(29-10-4-9-28-19)12-18(17)25-22(27)16-13-24-26(21(16)14-7-8-14)15-5-2-1-3-6-15/h1-3,5-6,11-14H,4,7-10H2,(H,25,27). The molecule has 1 aliphatic carbocycles. The van der Waals surface area contributed by atoms with Gasteiger partial charge in [-0.3, -0.25) is 4.79 Å². The van der Waals surface area contributed by atoms with Gasteiger partial charge in [0, 0.05) is 24.5 Å². The normalized spacial score (nSPS) is 15.6. The second kappa shape index (κ2) is 7.44. The number of nitrogens with zero attached hydrogens (tertiary/aromatic N) is 2. The number of hydrogen-bond donors (Lipinski definition) is 1. The number of para-hydroxylation sites is 1. The van der Waals surface area contributed by atoms with Crippen molar-refractivity contribution >= 4 is 23.2 Å². The third-order valence-electron chi connectivity index (χ3n) is 5.10. The maximum atomic E-state index is 13.1. The van der Waals surface area contributed by atoms with Gasteiger partial charge in [0.1, 0.15) is 0 Å². The van der Waals surface area contributed by atoms with Crippen LogP contribution in [0.4, 0.5) is 5.69 Å². The molecular formula is C22H20ClN3O3. The average Bonchev–Trinajstić information content (AvgIpc) is 3.52. The Hall–Kier alpha value is -2.99. The summed E-state index contributed by atoms with van der Waals surface area (Å²) >= 11 is 6.39. The Morgan fingerprint density at radius 1 is 1.10 bits per heavy atom. The smallest absolute Gasteiger partial charge is 0.259 e. The van der Waals surface area contributed by atoms with Crippen molar-refractivity contribution in [2.75, 3.05) is 18.5 Å². The molecular weight excluding hydrogens is 390 g/mol. The number of benzene rings is 2. The van der Waals surface area contributed by atoms with Crippen molar-refractivity contribution in [3.63, 3.8) is 0 Å². The van der Waals surface area contributed by atoms with Gasteiger partial charge in [-0.2, -0.15) is 5.10 Å². The quantitative estimate of drug-likeness (QED) is 0.671. The summed E-state index contributed by atoms with van der Waals surface area (Å²) in [5, 5.41) is 7.83. The third-order valence-corrected chi connectivity index (χ3v) is 5.41. The highest BCUT2D eigenvalue weighted by atomic mass is 35.5. The Morgan fingerprint density at radius 2 is 1.83 bits per heavy atom. The largest absolute Gasteiger partial charge is 0.490 e. The van der Waals surface area contributed by atoms with Crippen LogP contribution in [0.3, 0.4) is 0 Å². The Morgan fingerprint density at radius 3 is 2.55 bits per heavy atom. The molecule has 0 bridgehead atoms. The molecule has 0 spiro atoms. The lowest BCUT2D eigenvalue weighted by molar-refractivity contribution is 0.102. The number of anilines is 1. The zero-order valence-electron chi connectivity index (χ0n) is 15.7. The van der Waals surface area contributed by atoms with Gasteiger partial charge in [0.05, 0.1) is 47.1 Å². The molecule has 1 fully saturated rings. The average molecular weight is 410 g/mol. The number of ether oxygens (including phenoxy) is 2. The van der Waals surface area contributed by atoms with E-state index < -0.39 is 0 Å². The van der Waals surface area contributed by atoms with Crippen molar-refractivity contribution in [1.29, 1.82) is 0 Å². The van der Waals surface area contributed by atoms with Crippen molar-refractivity contribution < 1.29 is 14.3 Å². The molecule has 29 heavy (non-hydrogen) atoms. The van der Waals surface area contributed by atoms with Crippen LogP contribution in [0.5, 0.6) is 11.5 Å². The summed E-state index contributed by atoms with van der Waals surface area (Å²) in [6.07, 6.45) is 4.55. The minimum absolute atomic E-state index is 0.231. The highest BCUT2D eigenvalue weighted by molar-refractivity contribution is 6.34. The van der Waals surface area contributed by atoms with Gasteiger partial charge in [-0.1, -0.05) is 29.8 Å². The van der Waals surface area contributed by atoms with Gasteiger partial charge >= 0.3 is 0 Å². The maximum Gasteiger partial charge on any atom is 0.259 e. The van der Waals surface area contributed by atoms with E-state index in [1.807, 2.05) is 35.0 Å². The number of fused-ring (bicyclic) bond motifs is 1. The van der Waals surface area contributed by atoms with Crippen molar-refractivity contribution in [2.24, 2.45) is 0 Å². The van der Waals surface area contributed by atoms with Crippen LogP contribution in [0.2, 0.25) is 5.02 Å². The van der Waals surface area contributed by atoms with E-state index in [-0.39, 0.29) is 5.91 Å². The summed E-state index contributed by atoms with van der Waals surface area (Å²) in [6, 6.07) is 13.3. The Kier molecular flexibility index (Phi) is 4.64. The molecule has 0 unspecified atom stereocenters. The van der Waals surface area contributed by atoms with E-state index in [1.54, 1.807) is 18.3 Å². The molecule has 2 heterocycles. The molecule has 3 aromatic rings. The van der Waals surface area contributed by atoms with Crippen LogP contribution in [0.1, 0.15) is 41.2 Å². The molecule has 6 nitrogen and oxygen atoms in total. The molecule has 0 radical (unpaired) electrons. The zero-order valence-corrected chi connectivity index (χ0v) is 16.5. The van der Waals surface area contributed by atoms with Gasteiger partial charge in [-0.15, -0.1) is 0 Å². The predicted octanol–water partition coefficient (Wildman–Crippen LogP) is 4.82. The fourth-order valence-electron chi connectivity index (χ4n) is 3.53. The van der Waals surface area contributed by atoms with Crippen LogP contribution < -0.4 is 14.8 Å². The second-order valence-electron chi connectivity index (χ2n) is 7.25. The van der Waals surface area contributed by atoms with Crippen molar-refractivity contribution in [3.05, 3.63) is 64.9 Å². The molecule has 2 aliphatic rings. The number of hydrogen-bond acceptors (Lipinski definition) is 4. The van der Waals surface area contributed by atoms with E-state index >= 15 is 0 Å². The summed E-state index contributed by atoms with van der Waals surface area (Å²) < 4.78 is 13.2. The minimum atomic E-state index is -0.231. The fraction of sp³-hybridized carbons (Fsp3) is 0.273. The molecule has 1 amide bonds. The van der Waals surface area contributed by atoms with Gasteiger partial charge in [0.2, 0.25) is 0 Å². The van der Waals surface area contributed by atoms with Crippen molar-refractivity contribution in [1.82, 2.24) is 9.78 Å². The first-order valence-electron chi connectivity index (χ1n) is 9.74. The summed E-state index contributed by atoms with van der Waals surface area (Å²) in [6.45, 7) is 1.15. The minimum Gasteiger partial charge on any atom is -0.490 e. The molecule has 2 aromatic carbocycles. The van der Waals surface area contributed by atoms with Crippen LogP contribution in [-0.2, 0) is 0 Å². The molecule has 1 aromatic heterocycles. The van der Waals surface area contributed by atoms with Gasteiger partial charge in [-0.05, 0) is 25.0 Å². The summed E-state index contributed by atoms with van der Waals surface area (Å²) in [4.78, 5) is 13.1. The molecule has 0 atom stereocenters. The molecule has 0 saturated heterocycles. The van der Waals surface area contributed by atoms with E-state index in [1.165, 1.54) is 0 Å². The van der Waals surface area contributed by atoms with Crippen molar-refractivity contribution in [3.8, 4) is 17.2 Å².